The third-order valence-corrected chi connectivity index (χ3v) is 3.09. The van der Waals surface area contributed by atoms with Crippen LogP contribution in [0.5, 0.6) is 0 Å². The summed E-state index contributed by atoms with van der Waals surface area (Å²) in [5, 5.41) is 12.5. The van der Waals surface area contributed by atoms with E-state index >= 15 is 0 Å². The van der Waals surface area contributed by atoms with Gasteiger partial charge in [-0.25, -0.2) is 0 Å². The molecule has 10 heteroatoms. The van der Waals surface area contributed by atoms with Gasteiger partial charge in [0.05, 0.1) is 0 Å². The van der Waals surface area contributed by atoms with Crippen LogP contribution in [0.1, 0.15) is 27.7 Å². The van der Waals surface area contributed by atoms with Gasteiger partial charge in [-0.1, -0.05) is 0 Å². The molecule has 0 bridgehead atoms. The lowest BCUT2D eigenvalue weighted by molar-refractivity contribution is -0.264. The number of amides is 1. The van der Waals surface area contributed by atoms with E-state index in [1.54, 1.807) is 0 Å². The van der Waals surface area contributed by atoms with Crippen molar-refractivity contribution in [2.75, 3.05) is 6.61 Å². The van der Waals surface area contributed by atoms with Crippen LogP contribution in [0.15, 0.2) is 0 Å². The third kappa shape index (κ3) is 5.78. The molecule has 0 aromatic carbocycles. The molecule has 136 valence electrons. The largest absolute Gasteiger partial charge is 0.463 e. The molecule has 2 N–H and O–H groups in total. The monoisotopic (exact) mass is 347 g/mol. The maximum atomic E-state index is 11.4. The number of rotatable bonds is 5. The van der Waals surface area contributed by atoms with Gasteiger partial charge in [-0.05, 0) is 0 Å². The Hall–Kier alpha value is -2.20. The van der Waals surface area contributed by atoms with Crippen molar-refractivity contribution in [1.82, 2.24) is 5.32 Å². The van der Waals surface area contributed by atoms with E-state index in [1.165, 1.54) is 13.8 Å². The molecule has 1 aliphatic rings. The van der Waals surface area contributed by atoms with E-state index in [0.717, 1.165) is 13.8 Å². The lowest BCUT2D eigenvalue weighted by Gasteiger charge is -2.43. The molecule has 1 amide bonds. The fourth-order valence-corrected chi connectivity index (χ4v) is 2.31. The average molecular weight is 347 g/mol. The van der Waals surface area contributed by atoms with Gasteiger partial charge in [-0.3, -0.25) is 19.2 Å². The molecule has 10 nitrogen and oxygen atoms in total. The van der Waals surface area contributed by atoms with Crippen LogP contribution in [0.25, 0.3) is 0 Å². The molecule has 0 saturated carbocycles. The molecule has 1 rings (SSSR count). The molecule has 0 aliphatic carbocycles. The van der Waals surface area contributed by atoms with E-state index in [4.69, 9.17) is 18.9 Å². The standard InChI is InChI=1S/C14H21NO9/c1-6(16)15-11-13(23-9(4)19)12(22-8(3)18)10(24-14(11)20)5-21-7(2)17/h10-14,20H,5H2,1-4H3,(H,15,16)/t10-,11+,12+,13-,14+/m1/s1. The van der Waals surface area contributed by atoms with Crippen molar-refractivity contribution in [2.24, 2.45) is 0 Å². The lowest BCUT2D eigenvalue weighted by Crippen LogP contribution is -2.66. The van der Waals surface area contributed by atoms with Crippen molar-refractivity contribution in [3.63, 3.8) is 0 Å². The van der Waals surface area contributed by atoms with Crippen molar-refractivity contribution >= 4 is 23.8 Å². The van der Waals surface area contributed by atoms with Crippen molar-refractivity contribution in [3.8, 4) is 0 Å². The van der Waals surface area contributed by atoms with Gasteiger partial charge in [0.2, 0.25) is 5.91 Å². The lowest BCUT2D eigenvalue weighted by atomic mass is 9.96. The number of carbonyl (C=O) groups is 4. The Morgan fingerprint density at radius 2 is 1.50 bits per heavy atom. The van der Waals surface area contributed by atoms with Crippen LogP contribution in [-0.4, -0.2) is 66.2 Å². The summed E-state index contributed by atoms with van der Waals surface area (Å²) in [5.74, 6) is -2.54. The zero-order valence-electron chi connectivity index (χ0n) is 13.8. The summed E-state index contributed by atoms with van der Waals surface area (Å²) in [6.45, 7) is 4.28. The van der Waals surface area contributed by atoms with Crippen LogP contribution in [-0.2, 0) is 38.1 Å². The first-order valence-electron chi connectivity index (χ1n) is 7.20. The Labute approximate surface area is 138 Å². The molecule has 0 radical (unpaired) electrons. The molecule has 1 saturated heterocycles. The van der Waals surface area contributed by atoms with Crippen LogP contribution in [0.3, 0.4) is 0 Å². The van der Waals surface area contributed by atoms with Gasteiger partial charge in [0.1, 0.15) is 18.8 Å². The van der Waals surface area contributed by atoms with Crippen molar-refractivity contribution in [1.29, 1.82) is 0 Å². The number of ether oxygens (including phenoxy) is 4. The first-order valence-corrected chi connectivity index (χ1v) is 7.20. The number of hydrogen-bond donors (Lipinski definition) is 2. The van der Waals surface area contributed by atoms with Gasteiger partial charge < -0.3 is 29.4 Å². The smallest absolute Gasteiger partial charge is 0.303 e. The van der Waals surface area contributed by atoms with Crippen LogP contribution < -0.4 is 5.32 Å². The Morgan fingerprint density at radius 3 is 1.96 bits per heavy atom. The number of hydrogen-bond acceptors (Lipinski definition) is 9. The maximum Gasteiger partial charge on any atom is 0.303 e. The Bertz CT molecular complexity index is 506. The first-order chi connectivity index (χ1) is 11.1. The number of aliphatic hydroxyl groups excluding tert-OH is 1. The van der Waals surface area contributed by atoms with Crippen molar-refractivity contribution in [2.45, 2.75) is 58.3 Å². The van der Waals surface area contributed by atoms with E-state index < -0.39 is 54.5 Å². The summed E-state index contributed by atoms with van der Waals surface area (Å²) in [4.78, 5) is 45.0. The van der Waals surface area contributed by atoms with Gasteiger partial charge in [0.25, 0.3) is 0 Å². The van der Waals surface area contributed by atoms with Crippen LogP contribution in [0, 0.1) is 0 Å². The highest BCUT2D eigenvalue weighted by molar-refractivity contribution is 5.73. The predicted molar refractivity (Wildman–Crippen MR) is 76.2 cm³/mol. The van der Waals surface area contributed by atoms with E-state index in [9.17, 15) is 24.3 Å². The number of esters is 3. The second-order valence-corrected chi connectivity index (χ2v) is 5.24. The highest BCUT2D eigenvalue weighted by Gasteiger charge is 2.50. The summed E-state index contributed by atoms with van der Waals surface area (Å²) in [6, 6.07) is -1.16. The average Bonchev–Trinajstić information content (AvgIpc) is 2.42. The molecular weight excluding hydrogens is 326 g/mol. The molecule has 1 heterocycles. The highest BCUT2D eigenvalue weighted by atomic mass is 16.7. The topological polar surface area (TPSA) is 137 Å². The third-order valence-electron chi connectivity index (χ3n) is 3.09. The van der Waals surface area contributed by atoms with E-state index in [0.29, 0.717) is 0 Å². The second kappa shape index (κ2) is 8.60. The Balaban J connectivity index is 3.11. The molecular formula is C14H21NO9. The fraction of sp³-hybridized carbons (Fsp3) is 0.714. The molecule has 0 aromatic rings. The second-order valence-electron chi connectivity index (χ2n) is 5.24. The Morgan fingerprint density at radius 1 is 0.958 bits per heavy atom. The molecule has 5 atom stereocenters. The highest BCUT2D eigenvalue weighted by Crippen LogP contribution is 2.26. The van der Waals surface area contributed by atoms with Gasteiger partial charge in [-0.15, -0.1) is 0 Å². The van der Waals surface area contributed by atoms with E-state index in [1.807, 2.05) is 0 Å². The van der Waals surface area contributed by atoms with Gasteiger partial charge >= 0.3 is 17.9 Å². The summed E-state index contributed by atoms with van der Waals surface area (Å²) in [7, 11) is 0. The number of carbonyl (C=O) groups excluding carboxylic acids is 4. The van der Waals surface area contributed by atoms with Crippen LogP contribution in [0.2, 0.25) is 0 Å². The zero-order valence-corrected chi connectivity index (χ0v) is 13.8. The van der Waals surface area contributed by atoms with E-state index in [2.05, 4.69) is 5.32 Å². The van der Waals surface area contributed by atoms with Gasteiger partial charge in [-0.2, -0.15) is 0 Å². The summed E-state index contributed by atoms with van der Waals surface area (Å²) in [5.41, 5.74) is 0. The van der Waals surface area contributed by atoms with Crippen molar-refractivity contribution in [3.05, 3.63) is 0 Å². The molecule has 0 unspecified atom stereocenters. The summed E-state index contributed by atoms with van der Waals surface area (Å²) in [6.07, 6.45) is -5.06. The minimum Gasteiger partial charge on any atom is -0.463 e. The van der Waals surface area contributed by atoms with Gasteiger partial charge in [0.15, 0.2) is 18.5 Å². The van der Waals surface area contributed by atoms with Crippen molar-refractivity contribution < 1.29 is 43.2 Å². The number of nitrogens with one attached hydrogen (secondary N) is 1. The normalized spacial score (nSPS) is 29.3. The first kappa shape index (κ1) is 19.8. The molecule has 0 aromatic heterocycles. The van der Waals surface area contributed by atoms with Crippen LogP contribution in [0.4, 0.5) is 0 Å². The predicted octanol–water partition coefficient (Wildman–Crippen LogP) is -1.37. The molecule has 24 heavy (non-hydrogen) atoms. The number of aliphatic hydroxyl groups is 1. The molecule has 0 spiro atoms. The fourth-order valence-electron chi connectivity index (χ4n) is 2.31. The maximum absolute atomic E-state index is 11.4. The summed E-state index contributed by atoms with van der Waals surface area (Å²) < 4.78 is 20.3. The quantitative estimate of drug-likeness (QED) is 0.456. The molecule has 1 fully saturated rings. The van der Waals surface area contributed by atoms with E-state index in [-0.39, 0.29) is 6.61 Å². The summed E-state index contributed by atoms with van der Waals surface area (Å²) >= 11 is 0. The molecule has 1 aliphatic heterocycles. The SMILES string of the molecule is CC(=O)N[C@H]1[C@@H](OC(C)=O)[C@@H](OC(C)=O)[C@@H](COC(C)=O)O[C@@H]1O. The Kier molecular flexibility index (Phi) is 7.11. The minimum atomic E-state index is -1.56. The van der Waals surface area contributed by atoms with Gasteiger partial charge in [0, 0.05) is 27.7 Å². The van der Waals surface area contributed by atoms with Crippen LogP contribution >= 0.6 is 0 Å². The minimum absolute atomic E-state index is 0.338. The zero-order chi connectivity index (χ0) is 18.4.